The second-order valence-electron chi connectivity index (χ2n) is 8.08. The summed E-state index contributed by atoms with van der Waals surface area (Å²) >= 11 is 0. The van der Waals surface area contributed by atoms with Gasteiger partial charge in [0.25, 0.3) is 0 Å². The van der Waals surface area contributed by atoms with E-state index in [1.54, 1.807) is 0 Å². The van der Waals surface area contributed by atoms with E-state index in [4.69, 9.17) is 0 Å². The molecule has 1 aliphatic carbocycles. The molecule has 3 fully saturated rings. The number of carbonyl (C=O) groups is 2. The van der Waals surface area contributed by atoms with Gasteiger partial charge in [-0.1, -0.05) is 6.92 Å². The third-order valence-electron chi connectivity index (χ3n) is 6.23. The van der Waals surface area contributed by atoms with Crippen molar-refractivity contribution >= 4 is 11.8 Å². The third kappa shape index (κ3) is 2.87. The van der Waals surface area contributed by atoms with Crippen LogP contribution >= 0.6 is 0 Å². The molecule has 3 rings (SSSR count). The molecule has 2 amide bonds. The van der Waals surface area contributed by atoms with E-state index in [-0.39, 0.29) is 29.3 Å². The largest absolute Gasteiger partial charge is 0.344 e. The van der Waals surface area contributed by atoms with E-state index in [2.05, 4.69) is 30.8 Å². The molecule has 4 atom stereocenters. The van der Waals surface area contributed by atoms with Crippen LogP contribution in [-0.2, 0) is 9.59 Å². The van der Waals surface area contributed by atoms with Crippen LogP contribution in [0, 0.1) is 5.41 Å². The second-order valence-corrected chi connectivity index (χ2v) is 8.08. The molecule has 0 bridgehead atoms. The van der Waals surface area contributed by atoms with Gasteiger partial charge in [-0.3, -0.25) is 19.4 Å². The molecule has 2 unspecified atom stereocenters. The Kier molecular flexibility index (Phi) is 4.17. The molecular weight excluding hydrogens is 292 g/mol. The maximum atomic E-state index is 12.2. The van der Waals surface area contributed by atoms with Crippen LogP contribution in [0.1, 0.15) is 26.2 Å². The van der Waals surface area contributed by atoms with Gasteiger partial charge in [0, 0.05) is 39.8 Å². The highest BCUT2D eigenvalue weighted by atomic mass is 16.2. The molecule has 0 N–H and O–H groups in total. The molecule has 6 heteroatoms. The number of hydrogen-bond donors (Lipinski definition) is 0. The van der Waals surface area contributed by atoms with Crippen LogP contribution in [0.2, 0.25) is 0 Å². The first-order valence-electron chi connectivity index (χ1n) is 8.67. The van der Waals surface area contributed by atoms with E-state index < -0.39 is 0 Å². The number of nitrogens with zero attached hydrogens (tertiary/aromatic N) is 4. The summed E-state index contributed by atoms with van der Waals surface area (Å²) in [6, 6.07) is 0.513. The fourth-order valence-corrected chi connectivity index (χ4v) is 4.48. The van der Waals surface area contributed by atoms with Crippen LogP contribution in [-0.4, -0.2) is 97.4 Å². The maximum Gasteiger partial charge on any atom is 0.239 e. The van der Waals surface area contributed by atoms with Crippen molar-refractivity contribution in [3.63, 3.8) is 0 Å². The van der Waals surface area contributed by atoms with Gasteiger partial charge in [0.1, 0.15) is 0 Å². The molecule has 6 nitrogen and oxygen atoms in total. The Morgan fingerprint density at radius 1 is 1.04 bits per heavy atom. The fraction of sp³-hybridized carbons (Fsp3) is 0.882. The van der Waals surface area contributed by atoms with E-state index in [9.17, 15) is 9.59 Å². The van der Waals surface area contributed by atoms with Gasteiger partial charge in [-0.15, -0.1) is 0 Å². The van der Waals surface area contributed by atoms with Crippen molar-refractivity contribution in [1.82, 2.24) is 19.6 Å². The molecule has 0 spiro atoms. The van der Waals surface area contributed by atoms with Crippen LogP contribution in [0.25, 0.3) is 0 Å². The van der Waals surface area contributed by atoms with Crippen molar-refractivity contribution < 1.29 is 9.59 Å². The highest BCUT2D eigenvalue weighted by molar-refractivity contribution is 5.84. The number of amides is 2. The number of rotatable bonds is 5. The van der Waals surface area contributed by atoms with E-state index in [1.165, 1.54) is 0 Å². The van der Waals surface area contributed by atoms with E-state index in [0.717, 1.165) is 38.9 Å². The maximum absolute atomic E-state index is 12.2. The Morgan fingerprint density at radius 3 is 2.04 bits per heavy atom. The third-order valence-corrected chi connectivity index (χ3v) is 6.23. The number of likely N-dealkylation sites (tertiary alicyclic amines) is 2. The molecule has 2 heterocycles. The predicted molar refractivity (Wildman–Crippen MR) is 89.0 cm³/mol. The van der Waals surface area contributed by atoms with Gasteiger partial charge in [-0.05, 0) is 38.8 Å². The standard InChI is InChI=1S/C17H30N4O2/c1-17(11-20(4)12-6-8-18(2)15(12)22)10-14(17)21(5)13-7-9-19(3)16(13)23/h12-14H,6-11H2,1-5H3/t12?,13?,14-,17+/m0/s1. The number of carbonyl (C=O) groups excluding carboxylic acids is 2. The van der Waals surface area contributed by atoms with Crippen molar-refractivity contribution in [1.29, 1.82) is 0 Å². The lowest BCUT2D eigenvalue weighted by molar-refractivity contribution is -0.131. The summed E-state index contributed by atoms with van der Waals surface area (Å²) < 4.78 is 0. The molecule has 130 valence electrons. The summed E-state index contributed by atoms with van der Waals surface area (Å²) in [5, 5.41) is 0. The Balaban J connectivity index is 1.58. The Bertz CT molecular complexity index is 511. The molecule has 1 saturated carbocycles. The molecule has 2 aliphatic heterocycles. The lowest BCUT2D eigenvalue weighted by Gasteiger charge is -2.30. The van der Waals surface area contributed by atoms with Gasteiger partial charge in [-0.25, -0.2) is 0 Å². The van der Waals surface area contributed by atoms with E-state index >= 15 is 0 Å². The van der Waals surface area contributed by atoms with Crippen LogP contribution in [0.3, 0.4) is 0 Å². The highest BCUT2D eigenvalue weighted by Crippen LogP contribution is 2.50. The Morgan fingerprint density at radius 2 is 1.57 bits per heavy atom. The molecule has 23 heavy (non-hydrogen) atoms. The van der Waals surface area contributed by atoms with Crippen LogP contribution in [0.15, 0.2) is 0 Å². The molecule has 2 saturated heterocycles. The smallest absolute Gasteiger partial charge is 0.239 e. The first-order valence-corrected chi connectivity index (χ1v) is 8.67. The van der Waals surface area contributed by atoms with Crippen molar-refractivity contribution in [2.75, 3.05) is 47.8 Å². The SMILES string of the molecule is CN1CCC(N(C)C[C@@]2(C)C[C@@H]2N(C)C2CCN(C)C2=O)C1=O. The average Bonchev–Trinajstić information content (AvgIpc) is 2.87. The topological polar surface area (TPSA) is 47.1 Å². The minimum Gasteiger partial charge on any atom is -0.344 e. The molecular formula is C17H30N4O2. The number of hydrogen-bond acceptors (Lipinski definition) is 4. The first-order chi connectivity index (χ1) is 10.7. The summed E-state index contributed by atoms with van der Waals surface area (Å²) in [5.41, 5.74) is 0.187. The summed E-state index contributed by atoms with van der Waals surface area (Å²) in [5.74, 6) is 0.497. The zero-order valence-corrected chi connectivity index (χ0v) is 15.1. The van der Waals surface area contributed by atoms with Crippen LogP contribution < -0.4 is 0 Å². The normalized spacial score (nSPS) is 37.6. The summed E-state index contributed by atoms with van der Waals surface area (Å²) in [4.78, 5) is 32.6. The zero-order valence-electron chi connectivity index (χ0n) is 15.1. The number of likely N-dealkylation sites (N-methyl/N-ethyl adjacent to an activating group) is 4. The van der Waals surface area contributed by atoms with Gasteiger partial charge in [0.05, 0.1) is 12.1 Å². The predicted octanol–water partition coefficient (Wildman–Crippen LogP) is 0.0900. The summed E-state index contributed by atoms with van der Waals surface area (Å²) in [7, 11) is 7.93. The quantitative estimate of drug-likeness (QED) is 0.720. The van der Waals surface area contributed by atoms with E-state index in [0.29, 0.717) is 6.04 Å². The minimum absolute atomic E-state index is 0.0302. The zero-order chi connectivity index (χ0) is 16.9. The lowest BCUT2D eigenvalue weighted by atomic mass is 10.1. The van der Waals surface area contributed by atoms with Crippen LogP contribution in [0.5, 0.6) is 0 Å². The second kappa shape index (κ2) is 5.74. The lowest BCUT2D eigenvalue weighted by Crippen LogP contribution is -2.45. The van der Waals surface area contributed by atoms with Gasteiger partial charge in [0.2, 0.25) is 11.8 Å². The minimum atomic E-state index is 0.0302. The van der Waals surface area contributed by atoms with Gasteiger partial charge in [0.15, 0.2) is 0 Å². The highest BCUT2D eigenvalue weighted by Gasteiger charge is 2.56. The molecule has 0 radical (unpaired) electrons. The van der Waals surface area contributed by atoms with Crippen molar-refractivity contribution in [2.24, 2.45) is 5.41 Å². The first kappa shape index (κ1) is 16.7. The van der Waals surface area contributed by atoms with Crippen molar-refractivity contribution in [3.8, 4) is 0 Å². The summed E-state index contributed by atoms with van der Waals surface area (Å²) in [6.45, 7) is 4.93. The fourth-order valence-electron chi connectivity index (χ4n) is 4.48. The molecule has 0 aromatic rings. The van der Waals surface area contributed by atoms with Crippen LogP contribution in [0.4, 0.5) is 0 Å². The Labute approximate surface area is 139 Å². The van der Waals surface area contributed by atoms with Crippen molar-refractivity contribution in [2.45, 2.75) is 44.3 Å². The monoisotopic (exact) mass is 322 g/mol. The Hall–Kier alpha value is -1.14. The molecule has 0 aromatic heterocycles. The average molecular weight is 322 g/mol. The van der Waals surface area contributed by atoms with Crippen molar-refractivity contribution in [3.05, 3.63) is 0 Å². The molecule has 0 aromatic carbocycles. The van der Waals surface area contributed by atoms with Gasteiger partial charge >= 0.3 is 0 Å². The molecule has 3 aliphatic rings. The van der Waals surface area contributed by atoms with E-state index in [1.807, 2.05) is 23.9 Å². The van der Waals surface area contributed by atoms with Gasteiger partial charge < -0.3 is 9.80 Å². The summed E-state index contributed by atoms with van der Waals surface area (Å²) in [6.07, 6.45) is 2.96. The van der Waals surface area contributed by atoms with Gasteiger partial charge in [-0.2, -0.15) is 0 Å².